The molecule has 2 heterocycles. The van der Waals surface area contributed by atoms with Crippen LogP contribution in [0.5, 0.6) is 11.5 Å². The van der Waals surface area contributed by atoms with Crippen molar-refractivity contribution in [2.75, 3.05) is 19.7 Å². The minimum atomic E-state index is -0.170. The molecule has 2 aromatic rings. The van der Waals surface area contributed by atoms with Crippen LogP contribution < -0.4 is 20.1 Å². The van der Waals surface area contributed by atoms with Gasteiger partial charge in [0.05, 0.1) is 18.8 Å². The average Bonchev–Trinajstić information content (AvgIpc) is 3.17. The Morgan fingerprint density at radius 1 is 1.32 bits per heavy atom. The lowest BCUT2D eigenvalue weighted by molar-refractivity contribution is 0.132. The van der Waals surface area contributed by atoms with E-state index in [0.29, 0.717) is 19.7 Å². The first kappa shape index (κ1) is 22.3. The number of benzene rings is 1. The largest absolute Gasteiger partial charge is 0.488 e. The molecule has 8 heteroatoms. The fourth-order valence-corrected chi connectivity index (χ4v) is 3.09. The van der Waals surface area contributed by atoms with Gasteiger partial charge in [-0.05, 0) is 32.9 Å². The number of para-hydroxylation sites is 1. The van der Waals surface area contributed by atoms with Gasteiger partial charge in [-0.2, -0.15) is 5.10 Å². The van der Waals surface area contributed by atoms with Crippen molar-refractivity contribution in [3.8, 4) is 11.5 Å². The fraction of sp³-hybridized carbons (Fsp3) is 0.500. The number of aryl methyl sites for hydroxylation is 1. The number of hydrogen-bond acceptors (Lipinski definition) is 4. The SMILES string of the molecule is CCNC(=NCc1ccnn1C)NCCOc1cccc2c1OC(C)(C)C2.I. The van der Waals surface area contributed by atoms with Crippen molar-refractivity contribution in [3.05, 3.63) is 41.7 Å². The Hall–Kier alpha value is -1.97. The Labute approximate surface area is 183 Å². The minimum Gasteiger partial charge on any atom is -0.488 e. The fourth-order valence-electron chi connectivity index (χ4n) is 3.09. The molecule has 0 unspecified atom stereocenters. The molecule has 1 aliphatic rings. The Bertz CT molecular complexity index is 804. The number of hydrogen-bond donors (Lipinski definition) is 2. The number of halogens is 1. The van der Waals surface area contributed by atoms with Gasteiger partial charge < -0.3 is 20.1 Å². The summed E-state index contributed by atoms with van der Waals surface area (Å²) in [6.45, 7) is 8.78. The molecule has 0 saturated carbocycles. The van der Waals surface area contributed by atoms with Crippen molar-refractivity contribution < 1.29 is 9.47 Å². The van der Waals surface area contributed by atoms with E-state index in [1.54, 1.807) is 6.20 Å². The van der Waals surface area contributed by atoms with Gasteiger partial charge in [0.1, 0.15) is 12.2 Å². The second kappa shape index (κ2) is 9.99. The van der Waals surface area contributed by atoms with E-state index < -0.39 is 0 Å². The molecule has 3 rings (SSSR count). The first-order valence-electron chi connectivity index (χ1n) is 9.41. The molecule has 154 valence electrons. The number of guanidine groups is 1. The first-order chi connectivity index (χ1) is 13.0. The molecule has 1 aromatic carbocycles. The molecule has 0 radical (unpaired) electrons. The van der Waals surface area contributed by atoms with E-state index >= 15 is 0 Å². The van der Waals surface area contributed by atoms with Gasteiger partial charge in [0.2, 0.25) is 0 Å². The standard InChI is InChI=1S/C20H29N5O2.HI/c1-5-21-19(23-14-16-9-10-24-25(16)4)22-11-12-26-17-8-6-7-15-13-20(2,3)27-18(15)17;/h6-10H,5,11-14H2,1-4H3,(H2,21,22,23);1H. The summed E-state index contributed by atoms with van der Waals surface area (Å²) in [5.74, 6) is 2.44. The highest BCUT2D eigenvalue weighted by molar-refractivity contribution is 14.0. The zero-order valence-electron chi connectivity index (χ0n) is 17.0. The van der Waals surface area contributed by atoms with Crippen LogP contribution in [0.15, 0.2) is 35.5 Å². The summed E-state index contributed by atoms with van der Waals surface area (Å²) in [4.78, 5) is 4.59. The van der Waals surface area contributed by atoms with Crippen LogP contribution in [0.25, 0.3) is 0 Å². The summed E-state index contributed by atoms with van der Waals surface area (Å²) in [5.41, 5.74) is 2.09. The van der Waals surface area contributed by atoms with Gasteiger partial charge in [-0.15, -0.1) is 24.0 Å². The monoisotopic (exact) mass is 499 g/mol. The van der Waals surface area contributed by atoms with Gasteiger partial charge in [0.25, 0.3) is 0 Å². The lowest BCUT2D eigenvalue weighted by Crippen LogP contribution is -2.39. The van der Waals surface area contributed by atoms with Gasteiger partial charge in [-0.3, -0.25) is 4.68 Å². The van der Waals surface area contributed by atoms with Gasteiger partial charge in [-0.25, -0.2) is 4.99 Å². The zero-order valence-corrected chi connectivity index (χ0v) is 19.3. The van der Waals surface area contributed by atoms with Crippen LogP contribution in [-0.4, -0.2) is 41.0 Å². The molecule has 0 amide bonds. The van der Waals surface area contributed by atoms with E-state index in [4.69, 9.17) is 9.47 Å². The Balaban J connectivity index is 0.00000280. The average molecular weight is 499 g/mol. The number of fused-ring (bicyclic) bond motifs is 1. The molecule has 0 atom stereocenters. The lowest BCUT2D eigenvalue weighted by Gasteiger charge is -2.18. The number of ether oxygens (including phenoxy) is 2. The molecule has 0 bridgehead atoms. The van der Waals surface area contributed by atoms with Crippen LogP contribution in [0.1, 0.15) is 32.0 Å². The summed E-state index contributed by atoms with van der Waals surface area (Å²) in [6.07, 6.45) is 2.68. The van der Waals surface area contributed by atoms with Crippen LogP contribution in [0.4, 0.5) is 0 Å². The third kappa shape index (κ3) is 5.76. The lowest BCUT2D eigenvalue weighted by atomic mass is 10.0. The molecule has 1 aromatic heterocycles. The third-order valence-corrected chi connectivity index (χ3v) is 4.37. The van der Waals surface area contributed by atoms with Crippen LogP contribution in [-0.2, 0) is 20.0 Å². The van der Waals surface area contributed by atoms with Crippen LogP contribution >= 0.6 is 24.0 Å². The first-order valence-corrected chi connectivity index (χ1v) is 9.41. The summed E-state index contributed by atoms with van der Waals surface area (Å²) in [7, 11) is 1.92. The number of nitrogens with zero attached hydrogens (tertiary/aromatic N) is 3. The third-order valence-electron chi connectivity index (χ3n) is 4.37. The highest BCUT2D eigenvalue weighted by Crippen LogP contribution is 2.41. The van der Waals surface area contributed by atoms with Gasteiger partial charge in [0.15, 0.2) is 17.5 Å². The van der Waals surface area contributed by atoms with E-state index in [2.05, 4.69) is 40.6 Å². The van der Waals surface area contributed by atoms with Crippen molar-refractivity contribution in [1.82, 2.24) is 20.4 Å². The van der Waals surface area contributed by atoms with E-state index in [1.165, 1.54) is 5.56 Å². The van der Waals surface area contributed by atoms with Gasteiger partial charge in [0, 0.05) is 31.8 Å². The van der Waals surface area contributed by atoms with Crippen molar-refractivity contribution in [2.24, 2.45) is 12.0 Å². The van der Waals surface area contributed by atoms with Gasteiger partial charge in [-0.1, -0.05) is 12.1 Å². The maximum absolute atomic E-state index is 6.04. The van der Waals surface area contributed by atoms with Gasteiger partial charge >= 0.3 is 0 Å². The Morgan fingerprint density at radius 3 is 2.86 bits per heavy atom. The topological polar surface area (TPSA) is 72.7 Å². The Kier molecular flexibility index (Phi) is 7.97. The van der Waals surface area contributed by atoms with E-state index in [-0.39, 0.29) is 29.6 Å². The van der Waals surface area contributed by atoms with Crippen LogP contribution in [0, 0.1) is 0 Å². The van der Waals surface area contributed by atoms with E-state index in [0.717, 1.165) is 36.1 Å². The molecular formula is C20H30IN5O2. The molecule has 0 aliphatic carbocycles. The predicted octanol–water partition coefficient (Wildman–Crippen LogP) is 2.89. The van der Waals surface area contributed by atoms with Crippen molar-refractivity contribution >= 4 is 29.9 Å². The summed E-state index contributed by atoms with van der Waals surface area (Å²) < 4.78 is 13.8. The molecule has 0 fully saturated rings. The van der Waals surface area contributed by atoms with Crippen molar-refractivity contribution in [3.63, 3.8) is 0 Å². The molecule has 0 saturated heterocycles. The molecule has 28 heavy (non-hydrogen) atoms. The highest BCUT2D eigenvalue weighted by atomic mass is 127. The normalized spacial score (nSPS) is 14.6. The van der Waals surface area contributed by atoms with Crippen LogP contribution in [0.2, 0.25) is 0 Å². The van der Waals surface area contributed by atoms with Crippen molar-refractivity contribution in [1.29, 1.82) is 0 Å². The summed E-state index contributed by atoms with van der Waals surface area (Å²) in [6, 6.07) is 8.05. The number of aromatic nitrogens is 2. The molecule has 2 N–H and O–H groups in total. The molecular weight excluding hydrogens is 469 g/mol. The number of nitrogens with one attached hydrogen (secondary N) is 2. The van der Waals surface area contributed by atoms with E-state index in [1.807, 2.05) is 36.9 Å². The minimum absolute atomic E-state index is 0. The smallest absolute Gasteiger partial charge is 0.191 e. The number of rotatable bonds is 7. The predicted molar refractivity (Wildman–Crippen MR) is 122 cm³/mol. The van der Waals surface area contributed by atoms with Crippen molar-refractivity contribution in [2.45, 2.75) is 39.3 Å². The molecule has 1 aliphatic heterocycles. The Morgan fingerprint density at radius 2 is 2.14 bits per heavy atom. The second-order valence-corrected chi connectivity index (χ2v) is 7.20. The quantitative estimate of drug-likeness (QED) is 0.265. The molecule has 0 spiro atoms. The zero-order chi connectivity index (χ0) is 19.3. The summed E-state index contributed by atoms with van der Waals surface area (Å²) >= 11 is 0. The highest BCUT2D eigenvalue weighted by Gasteiger charge is 2.32. The van der Waals surface area contributed by atoms with E-state index in [9.17, 15) is 0 Å². The molecule has 7 nitrogen and oxygen atoms in total. The number of aliphatic imine (C=N–C) groups is 1. The maximum Gasteiger partial charge on any atom is 0.191 e. The maximum atomic E-state index is 6.04. The van der Waals surface area contributed by atoms with Crippen LogP contribution in [0.3, 0.4) is 0 Å². The summed E-state index contributed by atoms with van der Waals surface area (Å²) in [5, 5.41) is 10.7. The second-order valence-electron chi connectivity index (χ2n) is 7.20.